The van der Waals surface area contributed by atoms with E-state index in [0.717, 1.165) is 85.0 Å². The van der Waals surface area contributed by atoms with Crippen LogP contribution in [0.5, 0.6) is 0 Å². The molecule has 24 aromatic rings. The van der Waals surface area contributed by atoms with Gasteiger partial charge in [-0.2, -0.15) is 0 Å². The fourth-order valence-corrected chi connectivity index (χ4v) is 36.1. The van der Waals surface area contributed by atoms with Crippen LogP contribution in [0, 0.1) is 0 Å². The molecule has 30 rings (SSSR count). The number of hydrogen-bond acceptors (Lipinski definition) is 6. The van der Waals surface area contributed by atoms with Gasteiger partial charge in [-0.1, -0.05) is 433 Å². The second kappa shape index (κ2) is 32.4. The van der Waals surface area contributed by atoms with E-state index in [0.29, 0.717) is 0 Å². The Morgan fingerprint density at radius 1 is 0.197 bits per heavy atom. The van der Waals surface area contributed by atoms with Gasteiger partial charge in [-0.15, -0.1) is 0 Å². The number of hydrogen-bond donors (Lipinski definition) is 0. The molecule has 3 aliphatic heterocycles. The van der Waals surface area contributed by atoms with Gasteiger partial charge in [0.05, 0.1) is 67.3 Å². The zero-order chi connectivity index (χ0) is 99.2. The molecule has 0 unspecified atom stereocenters. The monoisotopic (exact) mass is 1940 g/mol. The quantitative estimate of drug-likeness (QED) is 0.134. The zero-order valence-electron chi connectivity index (χ0n) is 84.4. The van der Waals surface area contributed by atoms with Crippen LogP contribution in [0.25, 0.3) is 218 Å². The molecular weight excluding hydrogens is 1830 g/mol. The third-order valence-electron chi connectivity index (χ3n) is 33.5. The molecule has 0 radical (unpaired) electrons. The van der Waals surface area contributed by atoms with Gasteiger partial charge in [-0.25, -0.2) is 29.9 Å². The summed E-state index contributed by atoms with van der Waals surface area (Å²) in [5.74, 6) is 2.33. The molecular formula is C135H105N9Si3. The molecule has 0 saturated carbocycles. The van der Waals surface area contributed by atoms with Gasteiger partial charge in [0.1, 0.15) is 24.2 Å². The Hall–Kier alpha value is -16.7. The van der Waals surface area contributed by atoms with Crippen LogP contribution in [0.2, 0.25) is 39.3 Å². The first-order chi connectivity index (χ1) is 71.5. The van der Waals surface area contributed by atoms with Crippen molar-refractivity contribution in [1.29, 1.82) is 0 Å². The summed E-state index contributed by atoms with van der Waals surface area (Å²) in [7, 11) is -6.73. The average molecular weight is 1940 g/mol. The van der Waals surface area contributed by atoms with E-state index >= 15 is 0 Å². The van der Waals surface area contributed by atoms with Crippen molar-refractivity contribution >= 4 is 121 Å². The van der Waals surface area contributed by atoms with Crippen molar-refractivity contribution in [3.05, 3.63) is 452 Å². The van der Waals surface area contributed by atoms with Gasteiger partial charge in [-0.3, -0.25) is 0 Å². The first kappa shape index (κ1) is 88.0. The van der Waals surface area contributed by atoms with Gasteiger partial charge >= 0.3 is 0 Å². The highest BCUT2D eigenvalue weighted by atomic mass is 28.3. The zero-order valence-corrected chi connectivity index (χ0v) is 87.4. The molecule has 0 amide bonds. The largest absolute Gasteiger partial charge is 0.309 e. The third kappa shape index (κ3) is 12.9. The predicted octanol–water partition coefficient (Wildman–Crippen LogP) is 30.1. The summed E-state index contributed by atoms with van der Waals surface area (Å²) in [6.45, 7) is 29.1. The lowest BCUT2D eigenvalue weighted by Crippen LogP contribution is -2.50. The minimum Gasteiger partial charge on any atom is -0.309 e. The Bertz CT molecular complexity index is 9700. The first-order valence-electron chi connectivity index (χ1n) is 51.6. The Morgan fingerprint density at radius 3 is 0.932 bits per heavy atom. The molecule has 0 N–H and O–H groups in total. The van der Waals surface area contributed by atoms with Crippen molar-refractivity contribution in [2.45, 2.75) is 97.1 Å². The SMILES string of the molecule is CC1(C)c2ccccc2-c2c1ccc1c3ccccc3n(-c3ccc4c(c3)[Si](C)(C)c3c(-c5ccccc5)nc(-c5ccccc5)nc3-4)c21.CC1(C)c2ccccc2-c2cc3c4ccccc4n(-c4ccc5c(c4)[Si](C)(C)c4c(-c6ccccc6)nc(-c6ccccc6)nc4-5)c3cc21.CC1(C)c2ccccc2-c2ccc3c4ccccc4n(-c4ccc5c(c4)[Si](C)(C)c4c(-c6ccccc6)nc(-c6ccccc6)nc4-5)c3c21. The third-order valence-corrected chi connectivity index (χ3v) is 44.0. The molecule has 18 aromatic carbocycles. The Balaban J connectivity index is 0.000000107. The van der Waals surface area contributed by atoms with E-state index < -0.39 is 24.2 Å². The summed E-state index contributed by atoms with van der Waals surface area (Å²) >= 11 is 0. The standard InChI is InChI=1S/3C45H35N3Si/c1-45(2)35-21-13-11-20-33(35)39-36(45)26-25-32-31-19-12-14-22-37(31)48(42(32)39)30-23-24-34-38(27-30)49(3,4)43-40(28-15-7-5-8-16-28)46-44(47-41(34)43)29-17-9-6-10-18-29;1-45(2)36-21-13-11-19-31(36)34-26-35-32-20-12-14-22-38(32)48(39(35)27-37(34)45)30-23-24-33-40(25-30)49(3,4)43-41(28-15-7-5-8-16-28)46-44(47-42(33)43)29-17-9-6-10-18-29;1-45(2)36-21-13-11-19-31(36)33-25-26-34-32-20-12-14-22-37(32)48(42(34)39(33)45)30-23-24-35-38(27-30)49(3,4)43-40(28-15-7-5-8-16-28)46-44(47-41(35)43)29-17-9-6-10-18-29/h3*5-27H,1-4H3. The molecule has 0 saturated heterocycles. The smallest absolute Gasteiger partial charge is 0.160 e. The predicted molar refractivity (Wildman–Crippen MR) is 621 cm³/mol. The number of para-hydroxylation sites is 3. The number of fused-ring (bicyclic) bond motifs is 29. The molecule has 6 aliphatic rings. The van der Waals surface area contributed by atoms with Crippen molar-refractivity contribution in [3.8, 4) is 152 Å². The summed E-state index contributed by atoms with van der Waals surface area (Å²) in [6, 6.07) is 153. The molecule has 9 nitrogen and oxygen atoms in total. The van der Waals surface area contributed by atoms with Crippen LogP contribution in [-0.4, -0.2) is 67.8 Å². The molecule has 702 valence electrons. The van der Waals surface area contributed by atoms with E-state index in [1.165, 1.54) is 197 Å². The maximum atomic E-state index is 5.34. The Labute approximate surface area is 859 Å². The maximum absolute atomic E-state index is 5.34. The van der Waals surface area contributed by atoms with Gasteiger partial charge < -0.3 is 13.7 Å². The molecule has 0 fully saturated rings. The lowest BCUT2D eigenvalue weighted by atomic mass is 9.81. The van der Waals surface area contributed by atoms with Crippen molar-refractivity contribution in [2.75, 3.05) is 0 Å². The molecule has 147 heavy (non-hydrogen) atoms. The summed E-state index contributed by atoms with van der Waals surface area (Å²) in [5.41, 5.74) is 44.1. The van der Waals surface area contributed by atoms with E-state index in [2.05, 4.69) is 495 Å². The minimum absolute atomic E-state index is 0.0706. The summed E-state index contributed by atoms with van der Waals surface area (Å²) < 4.78 is 7.58. The highest BCUT2D eigenvalue weighted by Crippen LogP contribution is 2.57. The first-order valence-corrected chi connectivity index (χ1v) is 60.6. The summed E-state index contributed by atoms with van der Waals surface area (Å²) in [4.78, 5) is 31.9. The van der Waals surface area contributed by atoms with E-state index in [1.54, 1.807) is 0 Å². The molecule has 12 heteroatoms. The molecule has 6 aromatic heterocycles. The molecule has 0 spiro atoms. The molecule has 0 atom stereocenters. The van der Waals surface area contributed by atoms with Crippen LogP contribution in [0.3, 0.4) is 0 Å². The highest BCUT2D eigenvalue weighted by molar-refractivity contribution is 7.06. The van der Waals surface area contributed by atoms with Gasteiger partial charge in [0.15, 0.2) is 17.5 Å². The van der Waals surface area contributed by atoms with Gasteiger partial charge in [-0.05, 0) is 176 Å². The lowest BCUT2D eigenvalue weighted by molar-refractivity contribution is 0.660. The Morgan fingerprint density at radius 2 is 0.503 bits per heavy atom. The normalized spacial score (nSPS) is 14.9. The van der Waals surface area contributed by atoms with Gasteiger partial charge in [0.25, 0.3) is 0 Å². The summed E-state index contributed by atoms with van der Waals surface area (Å²) in [5, 5.41) is 16.0. The number of benzene rings is 18. The average Bonchev–Trinajstić information content (AvgIpc) is 1.53. The highest BCUT2D eigenvalue weighted by Gasteiger charge is 2.49. The van der Waals surface area contributed by atoms with Crippen LogP contribution in [0.1, 0.15) is 74.9 Å². The van der Waals surface area contributed by atoms with Crippen molar-refractivity contribution in [1.82, 2.24) is 43.6 Å². The summed E-state index contributed by atoms with van der Waals surface area (Å²) in [6.07, 6.45) is 0. The number of aromatic nitrogens is 9. The van der Waals surface area contributed by atoms with Crippen molar-refractivity contribution in [3.63, 3.8) is 0 Å². The van der Waals surface area contributed by atoms with Gasteiger partial charge in [0.2, 0.25) is 0 Å². The van der Waals surface area contributed by atoms with Gasteiger partial charge in [0, 0.05) is 105 Å². The van der Waals surface area contributed by atoms with Crippen molar-refractivity contribution in [2.24, 2.45) is 0 Å². The fourth-order valence-electron chi connectivity index (χ4n) is 26.4. The van der Waals surface area contributed by atoms with Crippen LogP contribution in [0.15, 0.2) is 419 Å². The number of rotatable bonds is 9. The van der Waals surface area contributed by atoms with E-state index in [4.69, 9.17) is 29.9 Å². The molecule has 9 heterocycles. The van der Waals surface area contributed by atoms with E-state index in [9.17, 15) is 0 Å². The lowest BCUT2D eigenvalue weighted by Gasteiger charge is -2.24. The van der Waals surface area contributed by atoms with E-state index in [1.807, 2.05) is 18.2 Å². The Kier molecular flexibility index (Phi) is 19.4. The molecule has 0 bridgehead atoms. The second-order valence-electron chi connectivity index (χ2n) is 43.9. The second-order valence-corrected chi connectivity index (χ2v) is 56.7. The number of nitrogens with zero attached hydrogens (tertiary/aromatic N) is 9. The maximum Gasteiger partial charge on any atom is 0.160 e. The van der Waals surface area contributed by atoms with Crippen LogP contribution in [0.4, 0.5) is 0 Å². The molecule has 3 aliphatic carbocycles. The van der Waals surface area contributed by atoms with E-state index in [-0.39, 0.29) is 16.2 Å². The fraction of sp³-hybridized carbons (Fsp3) is 0.111. The minimum atomic E-state index is -2.25. The van der Waals surface area contributed by atoms with Crippen molar-refractivity contribution < 1.29 is 0 Å². The van der Waals surface area contributed by atoms with Crippen LogP contribution in [-0.2, 0) is 16.2 Å². The van der Waals surface area contributed by atoms with Crippen LogP contribution < -0.4 is 31.1 Å². The topological polar surface area (TPSA) is 92.1 Å². The van der Waals surface area contributed by atoms with Crippen LogP contribution >= 0.6 is 0 Å².